The van der Waals surface area contributed by atoms with Crippen molar-refractivity contribution in [3.63, 3.8) is 0 Å². The number of carbonyl (C=O) groups excluding carboxylic acids is 1. The number of anilines is 1. The molecule has 196 valence electrons. The third-order valence-electron chi connectivity index (χ3n) is 7.49. The molecular weight excluding hydrogens is 519 g/mol. The Labute approximate surface area is 229 Å². The number of amides is 1. The molecule has 0 N–H and O–H groups in total. The van der Waals surface area contributed by atoms with Gasteiger partial charge in [0.15, 0.2) is 11.6 Å². The summed E-state index contributed by atoms with van der Waals surface area (Å²) in [6.07, 6.45) is 2.59. The van der Waals surface area contributed by atoms with Crippen LogP contribution in [0.5, 0.6) is 6.01 Å². The first kappa shape index (κ1) is 25.0. The number of rotatable bonds is 6. The Bertz CT molecular complexity index is 1680. The van der Waals surface area contributed by atoms with E-state index in [4.69, 9.17) is 26.3 Å². The van der Waals surface area contributed by atoms with Gasteiger partial charge in [-0.15, -0.1) is 0 Å². The van der Waals surface area contributed by atoms with Crippen LogP contribution in [0.1, 0.15) is 19.8 Å². The number of piperazine rings is 1. The average Bonchev–Trinajstić information content (AvgIpc) is 2.92. The van der Waals surface area contributed by atoms with Gasteiger partial charge in [0, 0.05) is 28.7 Å². The largest absolute Gasteiger partial charge is 0.464 e. The number of nitrogens with zero attached hydrogens (tertiary/aromatic N) is 6. The number of benzene rings is 2. The van der Waals surface area contributed by atoms with Crippen molar-refractivity contribution in [1.29, 1.82) is 5.26 Å². The minimum Gasteiger partial charge on any atom is -0.464 e. The molecule has 0 radical (unpaired) electrons. The van der Waals surface area contributed by atoms with Crippen LogP contribution in [0.15, 0.2) is 61.1 Å². The summed E-state index contributed by atoms with van der Waals surface area (Å²) in [5.74, 6) is -1.23. The minimum absolute atomic E-state index is 0.0632. The number of carbonyl (C=O) groups is 1. The Kier molecular flexibility index (Phi) is 6.28. The maximum atomic E-state index is 13.8. The van der Waals surface area contributed by atoms with Crippen LogP contribution >= 0.6 is 11.6 Å². The first-order valence-corrected chi connectivity index (χ1v) is 13.1. The van der Waals surface area contributed by atoms with E-state index < -0.39 is 17.8 Å². The molecule has 3 saturated heterocycles. The number of hydrogen-bond donors (Lipinski definition) is 0. The lowest BCUT2D eigenvalue weighted by Crippen LogP contribution is -2.74. The van der Waals surface area contributed by atoms with Crippen molar-refractivity contribution in [3.8, 4) is 23.2 Å². The van der Waals surface area contributed by atoms with Gasteiger partial charge < -0.3 is 14.5 Å². The van der Waals surface area contributed by atoms with Crippen LogP contribution in [0.2, 0.25) is 5.02 Å². The van der Waals surface area contributed by atoms with E-state index in [0.29, 0.717) is 28.5 Å². The zero-order valence-electron chi connectivity index (χ0n) is 21.1. The van der Waals surface area contributed by atoms with Crippen molar-refractivity contribution in [1.82, 2.24) is 19.9 Å². The standard InChI is InChI=1S/C29H24ClFN6O2/c1-3-39-29-34-22-12-18(20-8-4-6-17-7-5-9-21(30)25(17)20)14-33-26(22)27(35-29)37-19-13-24(37)23(10-11-32)36(15-19)28(38)16(2)31/h4-9,12,14,19,23-24H,2-3,10,13,15H2,1H3. The monoisotopic (exact) mass is 542 g/mol. The van der Waals surface area contributed by atoms with E-state index in [2.05, 4.69) is 22.5 Å². The fourth-order valence-corrected chi connectivity index (χ4v) is 6.10. The highest BCUT2D eigenvalue weighted by molar-refractivity contribution is 6.36. The summed E-state index contributed by atoms with van der Waals surface area (Å²) in [6.45, 7) is 5.65. The van der Waals surface area contributed by atoms with E-state index in [0.717, 1.165) is 28.3 Å². The van der Waals surface area contributed by atoms with Gasteiger partial charge in [0.25, 0.3) is 5.91 Å². The summed E-state index contributed by atoms with van der Waals surface area (Å²) in [4.78, 5) is 30.1. The lowest BCUT2D eigenvalue weighted by molar-refractivity contribution is -0.135. The van der Waals surface area contributed by atoms with E-state index in [9.17, 15) is 14.4 Å². The molecule has 3 unspecified atom stereocenters. The van der Waals surface area contributed by atoms with E-state index in [-0.39, 0.29) is 31.1 Å². The van der Waals surface area contributed by atoms with E-state index >= 15 is 0 Å². The molecule has 3 aliphatic heterocycles. The zero-order chi connectivity index (χ0) is 27.3. The molecule has 0 spiro atoms. The minimum atomic E-state index is -1.03. The Morgan fingerprint density at radius 2 is 2.08 bits per heavy atom. The maximum absolute atomic E-state index is 13.8. The number of hydrogen-bond acceptors (Lipinski definition) is 7. The molecule has 7 rings (SSSR count). The fraction of sp³-hybridized carbons (Fsp3) is 0.276. The molecule has 3 aliphatic rings. The average molecular weight is 543 g/mol. The molecule has 3 atom stereocenters. The molecule has 2 aromatic heterocycles. The zero-order valence-corrected chi connectivity index (χ0v) is 21.9. The van der Waals surface area contributed by atoms with Crippen LogP contribution in [0.3, 0.4) is 0 Å². The van der Waals surface area contributed by atoms with Gasteiger partial charge in [-0.25, -0.2) is 4.39 Å². The predicted molar refractivity (Wildman–Crippen MR) is 147 cm³/mol. The number of pyridine rings is 1. The number of piperidine rings is 1. The second kappa shape index (κ2) is 9.79. The molecule has 5 heterocycles. The Morgan fingerprint density at radius 3 is 2.82 bits per heavy atom. The first-order valence-electron chi connectivity index (χ1n) is 12.7. The summed E-state index contributed by atoms with van der Waals surface area (Å²) < 4.78 is 19.5. The number of ether oxygens (including phenoxy) is 1. The highest BCUT2D eigenvalue weighted by Gasteiger charge is 2.53. The molecular formula is C29H24ClFN6O2. The van der Waals surface area contributed by atoms with Crippen LogP contribution < -0.4 is 9.64 Å². The Morgan fingerprint density at radius 1 is 1.28 bits per heavy atom. The van der Waals surface area contributed by atoms with Crippen LogP contribution in [-0.4, -0.2) is 57.0 Å². The SMILES string of the molecule is C=C(F)C(=O)N1CC2CC(C1CC#N)N2c1nc(OCC)nc2cc(-c3cccc4cccc(Cl)c34)cnc12. The highest BCUT2D eigenvalue weighted by Crippen LogP contribution is 2.44. The third kappa shape index (κ3) is 4.12. The molecule has 0 saturated carbocycles. The topological polar surface area (TPSA) is 95.2 Å². The van der Waals surface area contributed by atoms with Gasteiger partial charge >= 0.3 is 6.01 Å². The van der Waals surface area contributed by atoms with Gasteiger partial charge in [0.05, 0.1) is 42.7 Å². The van der Waals surface area contributed by atoms with Crippen LogP contribution in [0, 0.1) is 11.3 Å². The second-order valence-electron chi connectivity index (χ2n) is 9.65. The number of aromatic nitrogens is 3. The molecule has 4 aromatic rings. The highest BCUT2D eigenvalue weighted by atomic mass is 35.5. The van der Waals surface area contributed by atoms with E-state index in [1.807, 2.05) is 49.4 Å². The van der Waals surface area contributed by atoms with Crippen molar-refractivity contribution in [2.24, 2.45) is 0 Å². The van der Waals surface area contributed by atoms with Gasteiger partial charge in [0.1, 0.15) is 5.52 Å². The molecule has 10 heteroatoms. The quantitative estimate of drug-likeness (QED) is 0.299. The van der Waals surface area contributed by atoms with Crippen molar-refractivity contribution in [3.05, 3.63) is 66.1 Å². The van der Waals surface area contributed by atoms with Crippen molar-refractivity contribution < 1.29 is 13.9 Å². The number of halogens is 2. The Hall–Kier alpha value is -4.29. The summed E-state index contributed by atoms with van der Waals surface area (Å²) >= 11 is 6.58. The third-order valence-corrected chi connectivity index (χ3v) is 7.80. The van der Waals surface area contributed by atoms with Crippen LogP contribution in [-0.2, 0) is 4.79 Å². The molecule has 2 aromatic carbocycles. The molecule has 8 nitrogen and oxygen atoms in total. The van der Waals surface area contributed by atoms with Crippen LogP contribution in [0.25, 0.3) is 32.9 Å². The summed E-state index contributed by atoms with van der Waals surface area (Å²) in [7, 11) is 0. The number of nitriles is 1. The van der Waals surface area contributed by atoms with Gasteiger partial charge in [-0.2, -0.15) is 15.2 Å². The fourth-order valence-electron chi connectivity index (χ4n) is 5.81. The van der Waals surface area contributed by atoms with Crippen molar-refractivity contribution >= 4 is 45.1 Å². The molecule has 1 amide bonds. The Balaban J connectivity index is 1.46. The summed E-state index contributed by atoms with van der Waals surface area (Å²) in [6, 6.07) is 15.2. The molecule has 2 bridgehead atoms. The second-order valence-corrected chi connectivity index (χ2v) is 10.1. The lowest BCUT2D eigenvalue weighted by Gasteiger charge is -2.60. The lowest BCUT2D eigenvalue weighted by atomic mass is 9.80. The summed E-state index contributed by atoms with van der Waals surface area (Å²) in [5, 5.41) is 12.1. The van der Waals surface area contributed by atoms with Crippen molar-refractivity contribution in [2.45, 2.75) is 37.9 Å². The van der Waals surface area contributed by atoms with E-state index in [1.54, 1.807) is 6.20 Å². The number of fused-ring (bicyclic) bond motifs is 4. The molecule has 0 aliphatic carbocycles. The maximum Gasteiger partial charge on any atom is 0.319 e. The van der Waals surface area contributed by atoms with Gasteiger partial charge in [-0.3, -0.25) is 9.78 Å². The normalized spacial score (nSPS) is 20.0. The molecule has 3 fully saturated rings. The van der Waals surface area contributed by atoms with Gasteiger partial charge in [-0.05, 0) is 36.4 Å². The van der Waals surface area contributed by atoms with Gasteiger partial charge in [0.2, 0.25) is 0 Å². The van der Waals surface area contributed by atoms with Crippen molar-refractivity contribution in [2.75, 3.05) is 18.1 Å². The predicted octanol–water partition coefficient (Wildman–Crippen LogP) is 5.45. The van der Waals surface area contributed by atoms with Gasteiger partial charge in [-0.1, -0.05) is 48.5 Å². The van der Waals surface area contributed by atoms with Crippen LogP contribution in [0.4, 0.5) is 10.2 Å². The first-order chi connectivity index (χ1) is 18.9. The van der Waals surface area contributed by atoms with E-state index in [1.165, 1.54) is 4.90 Å². The smallest absolute Gasteiger partial charge is 0.319 e. The summed E-state index contributed by atoms with van der Waals surface area (Å²) in [5.41, 5.74) is 2.95. The molecule has 39 heavy (non-hydrogen) atoms.